The van der Waals surface area contributed by atoms with E-state index in [1.54, 1.807) is 6.07 Å². The van der Waals surface area contributed by atoms with E-state index >= 15 is 4.39 Å². The highest BCUT2D eigenvalue weighted by Gasteiger charge is 2.24. The Morgan fingerprint density at radius 2 is 1.97 bits per heavy atom. The molecule has 0 atom stereocenters. The largest absolute Gasteiger partial charge is 0.382 e. The number of hydrogen-bond acceptors (Lipinski definition) is 6. The summed E-state index contributed by atoms with van der Waals surface area (Å²) in [5.74, 6) is 5.38. The summed E-state index contributed by atoms with van der Waals surface area (Å²) in [4.78, 5) is 9.05. The summed E-state index contributed by atoms with van der Waals surface area (Å²) < 4.78 is 15.0. The van der Waals surface area contributed by atoms with Gasteiger partial charge in [-0.25, -0.2) is 15.8 Å². The minimum atomic E-state index is -0.370. The van der Waals surface area contributed by atoms with Gasteiger partial charge in [0, 0.05) is 38.9 Å². The number of nitrogens with two attached hydrogens (primary N) is 2. The minimum absolute atomic E-state index is 0.0485. The molecule has 2 aromatic rings. The molecule has 3 rings (SSSR count). The highest BCUT2D eigenvalue weighted by molar-refractivity contribution is 6.02. The first-order valence-electron chi connectivity index (χ1n) is 10.4. The molecule has 0 bridgehead atoms. The SMILES string of the molecule is Cc1ccc(CN2CCN(c3cc(CC(C)C)cc(F)c3/C(N)=N/NN)CC2)nc1. The van der Waals surface area contributed by atoms with Crippen LogP contribution in [0.15, 0.2) is 35.6 Å². The van der Waals surface area contributed by atoms with E-state index in [9.17, 15) is 0 Å². The third-order valence-corrected chi connectivity index (χ3v) is 5.29. The van der Waals surface area contributed by atoms with E-state index in [0.29, 0.717) is 11.5 Å². The number of anilines is 1. The third kappa shape index (κ3) is 5.46. The number of hydrazone groups is 1. The maximum absolute atomic E-state index is 15.0. The first kappa shape index (κ1) is 22.0. The summed E-state index contributed by atoms with van der Waals surface area (Å²) in [6.07, 6.45) is 2.70. The number of nitrogens with zero attached hydrogens (tertiary/aromatic N) is 4. The molecule has 0 spiro atoms. The number of nitrogens with one attached hydrogen (secondary N) is 1. The number of piperazine rings is 1. The van der Waals surface area contributed by atoms with Crippen LogP contribution >= 0.6 is 0 Å². The second-order valence-electron chi connectivity index (χ2n) is 8.29. The predicted molar refractivity (Wildman–Crippen MR) is 119 cm³/mol. The summed E-state index contributed by atoms with van der Waals surface area (Å²) in [6, 6.07) is 7.74. The average Bonchev–Trinajstić information content (AvgIpc) is 2.69. The maximum atomic E-state index is 15.0. The van der Waals surface area contributed by atoms with Gasteiger partial charge in [-0.05, 0) is 48.6 Å². The van der Waals surface area contributed by atoms with Gasteiger partial charge in [-0.3, -0.25) is 9.88 Å². The molecule has 2 heterocycles. The van der Waals surface area contributed by atoms with Crippen molar-refractivity contribution in [3.05, 3.63) is 58.7 Å². The Morgan fingerprint density at radius 1 is 1.23 bits per heavy atom. The average molecular weight is 414 g/mol. The van der Waals surface area contributed by atoms with Crippen LogP contribution < -0.4 is 22.0 Å². The number of aryl methyl sites for hydroxylation is 1. The molecule has 1 aromatic carbocycles. The molecule has 5 N–H and O–H groups in total. The molecule has 1 aliphatic rings. The van der Waals surface area contributed by atoms with Crippen molar-refractivity contribution in [2.24, 2.45) is 22.6 Å². The number of amidine groups is 1. The topological polar surface area (TPSA) is 95.8 Å². The Balaban J connectivity index is 1.79. The summed E-state index contributed by atoms with van der Waals surface area (Å²) in [6.45, 7) is 10.3. The van der Waals surface area contributed by atoms with Gasteiger partial charge in [0.2, 0.25) is 0 Å². The summed E-state index contributed by atoms with van der Waals surface area (Å²) in [5.41, 5.74) is 12.5. The van der Waals surface area contributed by atoms with E-state index in [-0.39, 0.29) is 11.7 Å². The lowest BCUT2D eigenvalue weighted by Gasteiger charge is -2.37. The summed E-state index contributed by atoms with van der Waals surface area (Å²) >= 11 is 0. The van der Waals surface area contributed by atoms with Gasteiger partial charge in [0.1, 0.15) is 5.82 Å². The molecule has 0 radical (unpaired) electrons. The maximum Gasteiger partial charge on any atom is 0.157 e. The Kier molecular flexibility index (Phi) is 7.23. The van der Waals surface area contributed by atoms with Crippen LogP contribution in [0, 0.1) is 18.7 Å². The van der Waals surface area contributed by atoms with E-state index in [1.807, 2.05) is 19.2 Å². The van der Waals surface area contributed by atoms with Gasteiger partial charge in [-0.1, -0.05) is 19.9 Å². The minimum Gasteiger partial charge on any atom is -0.382 e. The van der Waals surface area contributed by atoms with Gasteiger partial charge < -0.3 is 10.6 Å². The molecular formula is C22H32FN7. The normalized spacial score (nSPS) is 15.7. The number of pyridine rings is 1. The van der Waals surface area contributed by atoms with Crippen LogP contribution in [0.25, 0.3) is 0 Å². The lowest BCUT2D eigenvalue weighted by atomic mass is 9.98. The molecule has 7 nitrogen and oxygen atoms in total. The van der Waals surface area contributed by atoms with E-state index < -0.39 is 0 Å². The van der Waals surface area contributed by atoms with Crippen LogP contribution in [0.1, 0.15) is 36.2 Å². The quantitative estimate of drug-likeness (QED) is 0.279. The summed E-state index contributed by atoms with van der Waals surface area (Å²) in [7, 11) is 0. The van der Waals surface area contributed by atoms with Crippen LogP contribution in [0.5, 0.6) is 0 Å². The second-order valence-corrected chi connectivity index (χ2v) is 8.29. The fraction of sp³-hybridized carbons (Fsp3) is 0.455. The third-order valence-electron chi connectivity index (χ3n) is 5.29. The van der Waals surface area contributed by atoms with E-state index in [2.05, 4.69) is 51.4 Å². The van der Waals surface area contributed by atoms with Crippen LogP contribution in [0.3, 0.4) is 0 Å². The number of halogens is 1. The van der Waals surface area contributed by atoms with Crippen molar-refractivity contribution in [3.63, 3.8) is 0 Å². The predicted octanol–water partition coefficient (Wildman–Crippen LogP) is 2.13. The van der Waals surface area contributed by atoms with Gasteiger partial charge in [-0.2, -0.15) is 0 Å². The number of hydrazine groups is 1. The Bertz CT molecular complexity index is 872. The van der Waals surface area contributed by atoms with Crippen LogP contribution in [-0.4, -0.2) is 41.9 Å². The number of hydrogen-bond donors (Lipinski definition) is 3. The molecule has 1 saturated heterocycles. The van der Waals surface area contributed by atoms with E-state index in [1.165, 1.54) is 0 Å². The lowest BCUT2D eigenvalue weighted by Crippen LogP contribution is -2.46. The van der Waals surface area contributed by atoms with Crippen LogP contribution in [0.4, 0.5) is 10.1 Å². The molecule has 0 saturated carbocycles. The first-order chi connectivity index (χ1) is 14.4. The van der Waals surface area contributed by atoms with Crippen molar-refractivity contribution >= 4 is 11.5 Å². The number of rotatable bonds is 7. The van der Waals surface area contributed by atoms with Crippen molar-refractivity contribution in [3.8, 4) is 0 Å². The second kappa shape index (κ2) is 9.86. The molecule has 30 heavy (non-hydrogen) atoms. The molecule has 1 aliphatic heterocycles. The van der Waals surface area contributed by atoms with Crippen molar-refractivity contribution < 1.29 is 4.39 Å². The molecule has 0 amide bonds. The number of benzene rings is 1. The molecule has 0 aliphatic carbocycles. The fourth-order valence-corrected chi connectivity index (χ4v) is 3.83. The van der Waals surface area contributed by atoms with Crippen molar-refractivity contribution in [1.82, 2.24) is 15.4 Å². The zero-order valence-electron chi connectivity index (χ0n) is 18.0. The zero-order valence-corrected chi connectivity index (χ0v) is 18.0. The standard InChI is InChI=1S/C22H32FN7/c1-15(2)10-17-11-19(23)21(22(24)27-28-25)20(12-17)30-8-6-29(7-9-30)14-18-5-4-16(3)13-26-18/h4-5,11-13,15,28H,6-10,14,25H2,1-3H3,(H2,24,27). The van der Waals surface area contributed by atoms with Crippen molar-refractivity contribution in [1.29, 1.82) is 0 Å². The zero-order chi connectivity index (χ0) is 21.7. The molecular weight excluding hydrogens is 381 g/mol. The molecule has 8 heteroatoms. The Hall–Kier alpha value is -2.71. The first-order valence-corrected chi connectivity index (χ1v) is 10.4. The molecule has 1 fully saturated rings. The van der Waals surface area contributed by atoms with Gasteiger partial charge >= 0.3 is 0 Å². The number of aromatic nitrogens is 1. The molecule has 162 valence electrons. The van der Waals surface area contributed by atoms with Gasteiger partial charge in [-0.15, -0.1) is 5.10 Å². The van der Waals surface area contributed by atoms with E-state index in [4.69, 9.17) is 11.6 Å². The highest BCUT2D eigenvalue weighted by Crippen LogP contribution is 2.28. The monoisotopic (exact) mass is 413 g/mol. The van der Waals surface area contributed by atoms with Crippen LogP contribution in [-0.2, 0) is 13.0 Å². The lowest BCUT2D eigenvalue weighted by molar-refractivity contribution is 0.247. The van der Waals surface area contributed by atoms with Gasteiger partial charge in [0.15, 0.2) is 5.84 Å². The fourth-order valence-electron chi connectivity index (χ4n) is 3.83. The molecule has 0 unspecified atom stereocenters. The van der Waals surface area contributed by atoms with Crippen molar-refractivity contribution in [2.45, 2.75) is 33.7 Å². The smallest absolute Gasteiger partial charge is 0.157 e. The highest BCUT2D eigenvalue weighted by atomic mass is 19.1. The Morgan fingerprint density at radius 3 is 2.57 bits per heavy atom. The molecule has 1 aromatic heterocycles. The van der Waals surface area contributed by atoms with Crippen molar-refractivity contribution in [2.75, 3.05) is 31.1 Å². The van der Waals surface area contributed by atoms with Crippen LogP contribution in [0.2, 0.25) is 0 Å². The van der Waals surface area contributed by atoms with Gasteiger partial charge in [0.05, 0.1) is 16.9 Å². The Labute approximate surface area is 177 Å². The summed E-state index contributed by atoms with van der Waals surface area (Å²) in [5, 5.41) is 3.82. The van der Waals surface area contributed by atoms with Gasteiger partial charge in [0.25, 0.3) is 0 Å². The van der Waals surface area contributed by atoms with E-state index in [0.717, 1.165) is 61.7 Å².